The topological polar surface area (TPSA) is 119 Å². The first-order valence-electron chi connectivity index (χ1n) is 9.10. The number of alkyl carbamates (subject to hydrolysis) is 1. The van der Waals surface area contributed by atoms with Crippen molar-refractivity contribution in [2.24, 2.45) is 0 Å². The van der Waals surface area contributed by atoms with Gasteiger partial charge in [0.25, 0.3) is 0 Å². The van der Waals surface area contributed by atoms with E-state index in [1.54, 1.807) is 0 Å². The van der Waals surface area contributed by atoms with Crippen molar-refractivity contribution in [3.8, 4) is 0 Å². The monoisotopic (exact) mass is 345 g/mol. The Bertz CT molecular complexity index is 407. The lowest BCUT2D eigenvalue weighted by atomic mass is 9.77. The van der Waals surface area contributed by atoms with Crippen LogP contribution in [0.2, 0.25) is 0 Å². The standard InChI is InChI=1S/C17H31NO6/c19-10-7-14(21)15(22)13(20)6-2-1-3-8-17-9-4-5-12(11-17)18-16(23)24-17/h12-15,19-22H,1-11H2,(H,18,23). The van der Waals surface area contributed by atoms with Crippen molar-refractivity contribution in [2.75, 3.05) is 6.61 Å². The summed E-state index contributed by atoms with van der Waals surface area (Å²) in [5.74, 6) is 0. The van der Waals surface area contributed by atoms with Gasteiger partial charge < -0.3 is 30.5 Å². The zero-order valence-corrected chi connectivity index (χ0v) is 14.2. The van der Waals surface area contributed by atoms with Crippen LogP contribution < -0.4 is 5.32 Å². The van der Waals surface area contributed by atoms with E-state index in [0.29, 0.717) is 6.42 Å². The van der Waals surface area contributed by atoms with E-state index in [1.165, 1.54) is 0 Å². The minimum Gasteiger partial charge on any atom is -0.443 e. The first-order valence-corrected chi connectivity index (χ1v) is 9.10. The molecule has 5 N–H and O–H groups in total. The largest absolute Gasteiger partial charge is 0.443 e. The summed E-state index contributed by atoms with van der Waals surface area (Å²) in [5.41, 5.74) is -0.319. The fourth-order valence-electron chi connectivity index (χ4n) is 3.92. The molecule has 7 nitrogen and oxygen atoms in total. The van der Waals surface area contributed by atoms with Crippen molar-refractivity contribution < 1.29 is 30.0 Å². The van der Waals surface area contributed by atoms with Crippen molar-refractivity contribution in [1.29, 1.82) is 0 Å². The molecule has 2 rings (SSSR count). The molecule has 0 radical (unpaired) electrons. The number of ether oxygens (including phenoxy) is 1. The van der Waals surface area contributed by atoms with Gasteiger partial charge in [-0.15, -0.1) is 0 Å². The van der Waals surface area contributed by atoms with Gasteiger partial charge in [0.2, 0.25) is 0 Å². The molecular weight excluding hydrogens is 314 g/mol. The quantitative estimate of drug-likeness (QED) is 0.374. The maximum absolute atomic E-state index is 11.6. The van der Waals surface area contributed by atoms with Gasteiger partial charge in [0, 0.05) is 19.1 Å². The number of nitrogens with one attached hydrogen (secondary N) is 1. The van der Waals surface area contributed by atoms with E-state index in [2.05, 4.69) is 5.32 Å². The molecule has 1 aliphatic carbocycles. The molecule has 2 bridgehead atoms. The molecule has 1 saturated heterocycles. The lowest BCUT2D eigenvalue weighted by Gasteiger charge is -2.44. The number of hydrogen-bond donors (Lipinski definition) is 5. The summed E-state index contributed by atoms with van der Waals surface area (Å²) >= 11 is 0. The van der Waals surface area contributed by atoms with Gasteiger partial charge in [-0.25, -0.2) is 4.79 Å². The molecule has 1 aliphatic heterocycles. The maximum atomic E-state index is 11.6. The van der Waals surface area contributed by atoms with Gasteiger partial charge in [0.15, 0.2) is 0 Å². The van der Waals surface area contributed by atoms with Crippen LogP contribution in [0.4, 0.5) is 4.79 Å². The summed E-state index contributed by atoms with van der Waals surface area (Å²) in [7, 11) is 0. The first kappa shape index (κ1) is 19.4. The van der Waals surface area contributed by atoms with Gasteiger partial charge in [0.1, 0.15) is 11.7 Å². The van der Waals surface area contributed by atoms with E-state index in [9.17, 15) is 20.1 Å². The summed E-state index contributed by atoms with van der Waals surface area (Å²) in [6, 6.07) is 0.241. The highest BCUT2D eigenvalue weighted by atomic mass is 16.6. The van der Waals surface area contributed by atoms with E-state index >= 15 is 0 Å². The van der Waals surface area contributed by atoms with Crippen LogP contribution >= 0.6 is 0 Å². The molecule has 5 unspecified atom stereocenters. The molecule has 0 aromatic carbocycles. The van der Waals surface area contributed by atoms with Crippen molar-refractivity contribution in [3.63, 3.8) is 0 Å². The second kappa shape index (κ2) is 8.99. The predicted molar refractivity (Wildman–Crippen MR) is 87.4 cm³/mol. The summed E-state index contributed by atoms with van der Waals surface area (Å²) in [5, 5.41) is 40.8. The molecule has 1 heterocycles. The third-order valence-electron chi connectivity index (χ3n) is 5.28. The van der Waals surface area contributed by atoms with Gasteiger partial charge in [-0.2, -0.15) is 0 Å². The number of fused-ring (bicyclic) bond motifs is 2. The van der Waals surface area contributed by atoms with E-state index in [4.69, 9.17) is 9.84 Å². The Morgan fingerprint density at radius 1 is 1.17 bits per heavy atom. The van der Waals surface area contributed by atoms with E-state index in [0.717, 1.165) is 51.4 Å². The third-order valence-corrected chi connectivity index (χ3v) is 5.28. The number of hydrogen-bond acceptors (Lipinski definition) is 6. The SMILES string of the molecule is O=C1NC2CCCC(CCCCCC(O)C(O)C(O)CCO)(C2)O1. The number of aliphatic hydroxyl groups excluding tert-OH is 4. The Labute approximate surface area is 143 Å². The van der Waals surface area contributed by atoms with Crippen LogP contribution in [0, 0.1) is 0 Å². The van der Waals surface area contributed by atoms with Gasteiger partial charge >= 0.3 is 6.09 Å². The summed E-state index contributed by atoms with van der Waals surface area (Å²) in [4.78, 5) is 11.6. The molecule has 1 amide bonds. The second-order valence-corrected chi connectivity index (χ2v) is 7.25. The molecule has 24 heavy (non-hydrogen) atoms. The van der Waals surface area contributed by atoms with E-state index in [-0.39, 0.29) is 30.8 Å². The molecule has 2 fully saturated rings. The number of aliphatic hydroxyl groups is 4. The van der Waals surface area contributed by atoms with Gasteiger partial charge in [-0.3, -0.25) is 0 Å². The van der Waals surface area contributed by atoms with E-state index in [1.807, 2.05) is 0 Å². The molecule has 0 aromatic rings. The highest BCUT2D eigenvalue weighted by molar-refractivity contribution is 5.69. The molecule has 0 spiro atoms. The number of amides is 1. The van der Waals surface area contributed by atoms with Crippen LogP contribution in [0.5, 0.6) is 0 Å². The van der Waals surface area contributed by atoms with Crippen molar-refractivity contribution in [1.82, 2.24) is 5.32 Å². The molecule has 7 heteroatoms. The van der Waals surface area contributed by atoms with Crippen LogP contribution in [0.15, 0.2) is 0 Å². The van der Waals surface area contributed by atoms with Crippen LogP contribution in [-0.2, 0) is 4.74 Å². The lowest BCUT2D eigenvalue weighted by molar-refractivity contribution is -0.0691. The Morgan fingerprint density at radius 2 is 1.92 bits per heavy atom. The Hall–Kier alpha value is -0.890. The molecule has 5 atom stereocenters. The molecule has 1 saturated carbocycles. The zero-order chi connectivity index (χ0) is 17.6. The Kier molecular flexibility index (Phi) is 7.28. The third kappa shape index (κ3) is 5.31. The number of unbranched alkanes of at least 4 members (excludes halogenated alkanes) is 2. The molecule has 140 valence electrons. The first-order chi connectivity index (χ1) is 11.5. The van der Waals surface area contributed by atoms with Crippen LogP contribution in [0.1, 0.15) is 64.2 Å². The maximum Gasteiger partial charge on any atom is 0.407 e. The Morgan fingerprint density at radius 3 is 2.67 bits per heavy atom. The van der Waals surface area contributed by atoms with Crippen molar-refractivity contribution in [3.05, 3.63) is 0 Å². The van der Waals surface area contributed by atoms with Crippen molar-refractivity contribution in [2.45, 2.75) is 94.2 Å². The molecular formula is C17H31NO6. The highest BCUT2D eigenvalue weighted by Crippen LogP contribution is 2.38. The van der Waals surface area contributed by atoms with Gasteiger partial charge in [-0.05, 0) is 44.9 Å². The summed E-state index contributed by atoms with van der Waals surface area (Å²) < 4.78 is 5.57. The summed E-state index contributed by atoms with van der Waals surface area (Å²) in [6.07, 6.45) is 4.09. The average molecular weight is 345 g/mol. The van der Waals surface area contributed by atoms with Crippen LogP contribution in [0.3, 0.4) is 0 Å². The Balaban J connectivity index is 1.65. The molecule has 2 aliphatic rings. The lowest BCUT2D eigenvalue weighted by Crippen LogP contribution is -2.55. The number of carbonyl (C=O) groups is 1. The van der Waals surface area contributed by atoms with Gasteiger partial charge in [-0.1, -0.05) is 12.8 Å². The fraction of sp³-hybridized carbons (Fsp3) is 0.941. The minimum absolute atomic E-state index is 0.0569. The second-order valence-electron chi connectivity index (χ2n) is 7.25. The van der Waals surface area contributed by atoms with Gasteiger partial charge in [0.05, 0.1) is 12.2 Å². The smallest absolute Gasteiger partial charge is 0.407 e. The van der Waals surface area contributed by atoms with Crippen LogP contribution in [-0.4, -0.2) is 63.1 Å². The number of rotatable bonds is 10. The van der Waals surface area contributed by atoms with Crippen molar-refractivity contribution >= 4 is 6.09 Å². The normalized spacial score (nSPS) is 30.2. The zero-order valence-electron chi connectivity index (χ0n) is 14.2. The highest BCUT2D eigenvalue weighted by Gasteiger charge is 2.43. The minimum atomic E-state index is -1.22. The average Bonchev–Trinajstić information content (AvgIpc) is 2.53. The van der Waals surface area contributed by atoms with Crippen LogP contribution in [0.25, 0.3) is 0 Å². The predicted octanol–water partition coefficient (Wildman–Crippen LogP) is 0.823. The van der Waals surface area contributed by atoms with E-state index < -0.39 is 18.3 Å². The fourth-order valence-corrected chi connectivity index (χ4v) is 3.92. The molecule has 0 aromatic heterocycles. The number of carbonyl (C=O) groups excluding carboxylic acids is 1. The summed E-state index contributed by atoms with van der Waals surface area (Å²) in [6.45, 7) is -0.221.